The van der Waals surface area contributed by atoms with Gasteiger partial charge in [0.1, 0.15) is 0 Å². The summed E-state index contributed by atoms with van der Waals surface area (Å²) in [5.74, 6) is 0.447. The van der Waals surface area contributed by atoms with Crippen molar-refractivity contribution in [1.82, 2.24) is 5.32 Å². The Morgan fingerprint density at radius 3 is 2.42 bits per heavy atom. The lowest BCUT2D eigenvalue weighted by molar-refractivity contribution is 0.127. The maximum absolute atomic E-state index is 10.9. The molecule has 3 heteroatoms. The number of rotatable bonds is 4. The molecular formula is C9H19NO2. The fraction of sp³-hybridized carbons (Fsp3) is 0.889. The van der Waals surface area contributed by atoms with E-state index in [4.69, 9.17) is 4.74 Å². The number of ether oxygens (including phenoxy) is 1. The minimum Gasteiger partial charge on any atom is -0.449 e. The fourth-order valence-electron chi connectivity index (χ4n) is 0.613. The smallest absolute Gasteiger partial charge is 0.407 e. The molecule has 72 valence electrons. The Morgan fingerprint density at radius 1 is 1.42 bits per heavy atom. The normalized spacial score (nSPS) is 12.8. The van der Waals surface area contributed by atoms with Crippen LogP contribution in [0.3, 0.4) is 0 Å². The van der Waals surface area contributed by atoms with Crippen molar-refractivity contribution >= 4 is 6.09 Å². The maximum atomic E-state index is 10.9. The maximum Gasteiger partial charge on any atom is 0.407 e. The number of hydrogen-bond donors (Lipinski definition) is 1. The largest absolute Gasteiger partial charge is 0.449 e. The molecule has 0 aliphatic heterocycles. The third kappa shape index (κ3) is 6.01. The van der Waals surface area contributed by atoms with Gasteiger partial charge in [0.2, 0.25) is 0 Å². The van der Waals surface area contributed by atoms with Gasteiger partial charge in [-0.3, -0.25) is 0 Å². The van der Waals surface area contributed by atoms with Crippen LogP contribution in [0.5, 0.6) is 0 Å². The third-order valence-electron chi connectivity index (χ3n) is 1.60. The van der Waals surface area contributed by atoms with E-state index in [2.05, 4.69) is 19.2 Å². The monoisotopic (exact) mass is 173 g/mol. The summed E-state index contributed by atoms with van der Waals surface area (Å²) in [5.41, 5.74) is 0. The van der Waals surface area contributed by atoms with Crippen LogP contribution in [0.2, 0.25) is 0 Å². The molecule has 0 aliphatic carbocycles. The zero-order chi connectivity index (χ0) is 9.56. The van der Waals surface area contributed by atoms with Gasteiger partial charge in [-0.2, -0.15) is 0 Å². The Morgan fingerprint density at radius 2 is 2.00 bits per heavy atom. The van der Waals surface area contributed by atoms with E-state index < -0.39 is 0 Å². The van der Waals surface area contributed by atoms with Gasteiger partial charge in [-0.15, -0.1) is 0 Å². The van der Waals surface area contributed by atoms with Crippen molar-refractivity contribution in [2.45, 2.75) is 40.2 Å². The summed E-state index contributed by atoms with van der Waals surface area (Å²) >= 11 is 0. The van der Waals surface area contributed by atoms with E-state index in [-0.39, 0.29) is 12.1 Å². The Balaban J connectivity index is 3.44. The van der Waals surface area contributed by atoms with Crippen molar-refractivity contribution in [3.63, 3.8) is 0 Å². The van der Waals surface area contributed by atoms with Crippen molar-refractivity contribution < 1.29 is 9.53 Å². The van der Waals surface area contributed by atoms with Gasteiger partial charge in [0, 0.05) is 6.04 Å². The quantitative estimate of drug-likeness (QED) is 0.707. The minimum atomic E-state index is -0.315. The van der Waals surface area contributed by atoms with Crippen LogP contribution >= 0.6 is 0 Å². The molecule has 0 radical (unpaired) electrons. The lowest BCUT2D eigenvalue weighted by Gasteiger charge is -2.11. The van der Waals surface area contributed by atoms with Gasteiger partial charge in [0.25, 0.3) is 0 Å². The summed E-state index contributed by atoms with van der Waals surface area (Å²) in [6.45, 7) is 8.46. The third-order valence-corrected chi connectivity index (χ3v) is 1.60. The van der Waals surface area contributed by atoms with E-state index in [1.54, 1.807) is 0 Å². The van der Waals surface area contributed by atoms with Crippen LogP contribution < -0.4 is 5.32 Å². The van der Waals surface area contributed by atoms with Gasteiger partial charge >= 0.3 is 6.09 Å². The molecule has 1 amide bonds. The number of hydrogen-bond acceptors (Lipinski definition) is 2. The molecule has 0 aromatic rings. The van der Waals surface area contributed by atoms with Gasteiger partial charge in [-0.1, -0.05) is 20.3 Å². The van der Waals surface area contributed by atoms with Crippen LogP contribution in [0.15, 0.2) is 0 Å². The van der Waals surface area contributed by atoms with Gasteiger partial charge in [-0.25, -0.2) is 4.79 Å². The van der Waals surface area contributed by atoms with Crippen molar-refractivity contribution in [1.29, 1.82) is 0 Å². The summed E-state index contributed by atoms with van der Waals surface area (Å²) in [5, 5.41) is 2.66. The van der Waals surface area contributed by atoms with E-state index in [0.717, 1.165) is 6.42 Å². The molecule has 1 unspecified atom stereocenters. The minimum absolute atomic E-state index is 0.148. The second-order valence-corrected chi connectivity index (χ2v) is 3.41. The molecule has 0 heterocycles. The number of carbonyl (C=O) groups excluding carboxylic acids is 1. The first kappa shape index (κ1) is 11.3. The van der Waals surface area contributed by atoms with Gasteiger partial charge < -0.3 is 10.1 Å². The summed E-state index contributed by atoms with van der Waals surface area (Å²) in [6, 6.07) is 0.148. The van der Waals surface area contributed by atoms with Crippen molar-refractivity contribution in [3.05, 3.63) is 0 Å². The molecule has 0 rings (SSSR count). The van der Waals surface area contributed by atoms with Crippen molar-refractivity contribution in [3.8, 4) is 0 Å². The highest BCUT2D eigenvalue weighted by Gasteiger charge is 2.05. The Bertz CT molecular complexity index is 134. The first-order valence-electron chi connectivity index (χ1n) is 4.49. The molecule has 0 fully saturated rings. The second kappa shape index (κ2) is 5.86. The highest BCUT2D eigenvalue weighted by Crippen LogP contribution is 2.00. The number of nitrogens with one attached hydrogen (secondary N) is 1. The molecule has 3 nitrogen and oxygen atoms in total. The van der Waals surface area contributed by atoms with Crippen LogP contribution in [-0.2, 0) is 4.74 Å². The molecule has 0 bridgehead atoms. The first-order chi connectivity index (χ1) is 5.56. The fourth-order valence-corrected chi connectivity index (χ4v) is 0.613. The number of alkyl carbamates (subject to hydrolysis) is 1. The lowest BCUT2D eigenvalue weighted by Crippen LogP contribution is -2.31. The van der Waals surface area contributed by atoms with Crippen molar-refractivity contribution in [2.24, 2.45) is 5.92 Å². The lowest BCUT2D eigenvalue weighted by atomic mass is 10.1. The average molecular weight is 173 g/mol. The average Bonchev–Trinajstić information content (AvgIpc) is 1.99. The SMILES string of the molecule is CCC(C)COC(=O)NC(C)C. The predicted octanol–water partition coefficient (Wildman–Crippen LogP) is 2.17. The second-order valence-electron chi connectivity index (χ2n) is 3.41. The zero-order valence-electron chi connectivity index (χ0n) is 8.39. The van der Waals surface area contributed by atoms with E-state index in [9.17, 15) is 4.79 Å². The molecule has 12 heavy (non-hydrogen) atoms. The molecule has 0 aromatic carbocycles. The van der Waals surface area contributed by atoms with E-state index in [0.29, 0.717) is 12.5 Å². The molecule has 0 spiro atoms. The van der Waals surface area contributed by atoms with E-state index in [1.807, 2.05) is 13.8 Å². The van der Waals surface area contributed by atoms with Gasteiger partial charge in [0.05, 0.1) is 6.61 Å². The van der Waals surface area contributed by atoms with Gasteiger partial charge in [-0.05, 0) is 19.8 Å². The topological polar surface area (TPSA) is 38.3 Å². The van der Waals surface area contributed by atoms with Crippen molar-refractivity contribution in [2.75, 3.05) is 6.61 Å². The van der Waals surface area contributed by atoms with Crippen LogP contribution in [0.4, 0.5) is 4.79 Å². The Labute approximate surface area is 74.5 Å². The van der Waals surface area contributed by atoms with Crippen LogP contribution in [-0.4, -0.2) is 18.7 Å². The van der Waals surface area contributed by atoms with E-state index >= 15 is 0 Å². The molecule has 1 N–H and O–H groups in total. The molecule has 0 aliphatic rings. The molecule has 0 aromatic heterocycles. The molecular weight excluding hydrogens is 154 g/mol. The summed E-state index contributed by atoms with van der Waals surface area (Å²) < 4.78 is 4.96. The molecule has 1 atom stereocenters. The summed E-state index contributed by atoms with van der Waals surface area (Å²) in [6.07, 6.45) is 0.722. The van der Waals surface area contributed by atoms with Crippen LogP contribution in [0, 0.1) is 5.92 Å². The Kier molecular flexibility index (Phi) is 5.51. The summed E-state index contributed by atoms with van der Waals surface area (Å²) in [4.78, 5) is 10.9. The molecule has 0 saturated heterocycles. The highest BCUT2D eigenvalue weighted by atomic mass is 16.5. The van der Waals surface area contributed by atoms with Crippen LogP contribution in [0.1, 0.15) is 34.1 Å². The van der Waals surface area contributed by atoms with Crippen LogP contribution in [0.25, 0.3) is 0 Å². The highest BCUT2D eigenvalue weighted by molar-refractivity contribution is 5.67. The predicted molar refractivity (Wildman–Crippen MR) is 49.1 cm³/mol. The standard InChI is InChI=1S/C9H19NO2/c1-5-8(4)6-12-9(11)10-7(2)3/h7-8H,5-6H2,1-4H3,(H,10,11). The summed E-state index contributed by atoms with van der Waals surface area (Å²) in [7, 11) is 0. The number of amides is 1. The molecule has 0 saturated carbocycles. The number of carbonyl (C=O) groups is 1. The first-order valence-corrected chi connectivity index (χ1v) is 4.49. The van der Waals surface area contributed by atoms with Gasteiger partial charge in [0.15, 0.2) is 0 Å². The van der Waals surface area contributed by atoms with E-state index in [1.165, 1.54) is 0 Å². The Hall–Kier alpha value is -0.730. The zero-order valence-corrected chi connectivity index (χ0v) is 8.39.